The van der Waals surface area contributed by atoms with Crippen molar-refractivity contribution in [3.8, 4) is 5.75 Å². The van der Waals surface area contributed by atoms with Gasteiger partial charge in [-0.25, -0.2) is 4.79 Å². The summed E-state index contributed by atoms with van der Waals surface area (Å²) in [6.45, 7) is 0.381. The number of primary amides is 1. The number of rotatable bonds is 5. The van der Waals surface area contributed by atoms with Crippen molar-refractivity contribution in [1.82, 2.24) is 4.57 Å². The summed E-state index contributed by atoms with van der Waals surface area (Å²) in [5, 5.41) is 11.1. The Hall–Kier alpha value is -3.02. The van der Waals surface area contributed by atoms with Crippen molar-refractivity contribution < 1.29 is 19.4 Å². The number of carboxylic acid groups (broad SMARTS) is 1. The number of aromatic carboxylic acids is 1. The first-order valence-electron chi connectivity index (χ1n) is 7.13. The molecule has 0 spiro atoms. The van der Waals surface area contributed by atoms with Crippen molar-refractivity contribution in [2.75, 3.05) is 7.11 Å². The molecular formula is C17H16N2O4. The lowest BCUT2D eigenvalue weighted by Crippen LogP contribution is -2.13. The molecule has 118 valence electrons. The number of amides is 1. The molecule has 0 bridgehead atoms. The van der Waals surface area contributed by atoms with Gasteiger partial charge in [-0.2, -0.15) is 0 Å². The third-order valence-electron chi connectivity index (χ3n) is 3.90. The van der Waals surface area contributed by atoms with Crippen LogP contribution in [0.4, 0.5) is 0 Å². The summed E-state index contributed by atoms with van der Waals surface area (Å²) in [6, 6.07) is 10.6. The van der Waals surface area contributed by atoms with E-state index in [0.29, 0.717) is 12.3 Å². The molecule has 0 saturated heterocycles. The molecule has 1 amide bonds. The highest BCUT2D eigenvalue weighted by Gasteiger charge is 2.14. The van der Waals surface area contributed by atoms with E-state index in [1.165, 1.54) is 0 Å². The number of hydrogen-bond donors (Lipinski definition) is 2. The van der Waals surface area contributed by atoms with Gasteiger partial charge in [-0.3, -0.25) is 4.79 Å². The van der Waals surface area contributed by atoms with E-state index in [9.17, 15) is 14.7 Å². The topological polar surface area (TPSA) is 94.6 Å². The molecule has 23 heavy (non-hydrogen) atoms. The standard InChI is InChI=1S/C17H16N2O4/c1-23-11-3-5-13-12-4-2-10(17(21)22)8-14(12)19(15(13)9-11)7-6-16(18)20/h2-5,8-9H,6-7H2,1H3,(H2,18,20)(H,21,22). The van der Waals surface area contributed by atoms with E-state index in [0.717, 1.165) is 21.8 Å². The number of benzene rings is 2. The number of carbonyl (C=O) groups is 2. The van der Waals surface area contributed by atoms with Crippen molar-refractivity contribution in [3.05, 3.63) is 42.0 Å². The van der Waals surface area contributed by atoms with E-state index < -0.39 is 11.9 Å². The maximum atomic E-state index is 11.2. The van der Waals surface area contributed by atoms with Crippen LogP contribution in [-0.2, 0) is 11.3 Å². The number of nitrogens with zero attached hydrogens (tertiary/aromatic N) is 1. The molecule has 6 nitrogen and oxygen atoms in total. The number of nitrogens with two attached hydrogens (primary N) is 1. The van der Waals surface area contributed by atoms with Crippen molar-refractivity contribution in [3.63, 3.8) is 0 Å². The highest BCUT2D eigenvalue weighted by Crippen LogP contribution is 2.32. The maximum Gasteiger partial charge on any atom is 0.335 e. The minimum absolute atomic E-state index is 0.174. The Morgan fingerprint density at radius 2 is 1.78 bits per heavy atom. The Morgan fingerprint density at radius 3 is 2.39 bits per heavy atom. The van der Waals surface area contributed by atoms with Crippen LogP contribution in [0.2, 0.25) is 0 Å². The number of fused-ring (bicyclic) bond motifs is 3. The van der Waals surface area contributed by atoms with Crippen LogP contribution in [0.25, 0.3) is 21.8 Å². The molecule has 1 aromatic heterocycles. The normalized spacial score (nSPS) is 11.0. The molecule has 3 aromatic rings. The molecule has 6 heteroatoms. The summed E-state index contributed by atoms with van der Waals surface area (Å²) < 4.78 is 7.17. The molecule has 0 radical (unpaired) electrons. The molecule has 3 N–H and O–H groups in total. The van der Waals surface area contributed by atoms with Crippen LogP contribution < -0.4 is 10.5 Å². The molecule has 0 saturated carbocycles. The molecule has 0 fully saturated rings. The fourth-order valence-corrected chi connectivity index (χ4v) is 2.80. The molecule has 0 aliphatic carbocycles. The summed E-state index contributed by atoms with van der Waals surface area (Å²) in [7, 11) is 1.58. The molecular weight excluding hydrogens is 296 g/mol. The zero-order valence-corrected chi connectivity index (χ0v) is 12.6. The molecule has 3 rings (SSSR count). The van der Waals surface area contributed by atoms with E-state index >= 15 is 0 Å². The second kappa shape index (κ2) is 5.64. The number of hydrogen-bond acceptors (Lipinski definition) is 3. The Balaban J connectivity index is 2.31. The van der Waals surface area contributed by atoms with Crippen LogP contribution in [0, 0.1) is 0 Å². The average molecular weight is 312 g/mol. The van der Waals surface area contributed by atoms with Gasteiger partial charge in [0, 0.05) is 35.3 Å². The van der Waals surface area contributed by atoms with Crippen LogP contribution >= 0.6 is 0 Å². The van der Waals surface area contributed by atoms with E-state index in [1.807, 2.05) is 22.8 Å². The van der Waals surface area contributed by atoms with Gasteiger partial charge in [-0.1, -0.05) is 6.07 Å². The number of aryl methyl sites for hydroxylation is 1. The first-order valence-corrected chi connectivity index (χ1v) is 7.13. The van der Waals surface area contributed by atoms with E-state index in [4.69, 9.17) is 10.5 Å². The van der Waals surface area contributed by atoms with Crippen molar-refractivity contribution in [2.24, 2.45) is 5.73 Å². The van der Waals surface area contributed by atoms with E-state index in [2.05, 4.69) is 0 Å². The zero-order valence-electron chi connectivity index (χ0n) is 12.6. The van der Waals surface area contributed by atoms with Gasteiger partial charge < -0.3 is 20.1 Å². The lowest BCUT2D eigenvalue weighted by Gasteiger charge is -2.07. The van der Waals surface area contributed by atoms with Gasteiger partial charge in [0.05, 0.1) is 18.2 Å². The molecule has 2 aromatic carbocycles. The van der Waals surface area contributed by atoms with Gasteiger partial charge >= 0.3 is 5.97 Å². The maximum absolute atomic E-state index is 11.2. The molecule has 0 aliphatic rings. The number of methoxy groups -OCH3 is 1. The SMILES string of the molecule is COc1ccc2c3ccc(C(=O)O)cc3n(CCC(N)=O)c2c1. The third-order valence-corrected chi connectivity index (χ3v) is 3.90. The van der Waals surface area contributed by atoms with Crippen molar-refractivity contribution >= 4 is 33.7 Å². The fourth-order valence-electron chi connectivity index (χ4n) is 2.80. The quantitative estimate of drug-likeness (QED) is 0.756. The number of ether oxygens (including phenoxy) is 1. The smallest absolute Gasteiger partial charge is 0.335 e. The summed E-state index contributed by atoms with van der Waals surface area (Å²) in [4.78, 5) is 22.4. The Bertz CT molecular complexity index is 927. The predicted molar refractivity (Wildman–Crippen MR) is 86.8 cm³/mol. The molecule has 1 heterocycles. The second-order valence-corrected chi connectivity index (χ2v) is 5.29. The lowest BCUT2D eigenvalue weighted by atomic mass is 10.1. The van der Waals surface area contributed by atoms with Gasteiger partial charge in [0.2, 0.25) is 5.91 Å². The van der Waals surface area contributed by atoms with Crippen LogP contribution in [0.15, 0.2) is 36.4 Å². The van der Waals surface area contributed by atoms with Crippen LogP contribution in [0.5, 0.6) is 5.75 Å². The largest absolute Gasteiger partial charge is 0.497 e. The first-order chi connectivity index (χ1) is 11.0. The lowest BCUT2D eigenvalue weighted by molar-refractivity contribution is -0.118. The summed E-state index contributed by atoms with van der Waals surface area (Å²) >= 11 is 0. The van der Waals surface area contributed by atoms with Gasteiger partial charge in [0.15, 0.2) is 0 Å². The first kappa shape index (κ1) is 14.9. The summed E-state index contributed by atoms with van der Waals surface area (Å²) in [6.07, 6.45) is 0.174. The van der Waals surface area contributed by atoms with Crippen LogP contribution in [-0.4, -0.2) is 28.7 Å². The van der Waals surface area contributed by atoms with Crippen molar-refractivity contribution in [2.45, 2.75) is 13.0 Å². The van der Waals surface area contributed by atoms with Gasteiger partial charge in [-0.15, -0.1) is 0 Å². The summed E-state index contributed by atoms with van der Waals surface area (Å²) in [5.41, 5.74) is 7.10. The highest BCUT2D eigenvalue weighted by atomic mass is 16.5. The van der Waals surface area contributed by atoms with Gasteiger partial charge in [-0.05, 0) is 24.3 Å². The number of carbonyl (C=O) groups excluding carboxylic acids is 1. The van der Waals surface area contributed by atoms with E-state index in [-0.39, 0.29) is 12.0 Å². The number of carboxylic acids is 1. The average Bonchev–Trinajstić information content (AvgIpc) is 2.84. The van der Waals surface area contributed by atoms with Crippen LogP contribution in [0.1, 0.15) is 16.8 Å². The zero-order chi connectivity index (χ0) is 16.6. The fraction of sp³-hybridized carbons (Fsp3) is 0.176. The highest BCUT2D eigenvalue weighted by molar-refractivity contribution is 6.10. The van der Waals surface area contributed by atoms with Gasteiger partial charge in [0.25, 0.3) is 0 Å². The number of aromatic nitrogens is 1. The van der Waals surface area contributed by atoms with Gasteiger partial charge in [0.1, 0.15) is 5.75 Å². The monoisotopic (exact) mass is 312 g/mol. The molecule has 0 unspecified atom stereocenters. The van der Waals surface area contributed by atoms with Crippen LogP contribution in [0.3, 0.4) is 0 Å². The third kappa shape index (κ3) is 2.59. The Morgan fingerprint density at radius 1 is 1.13 bits per heavy atom. The minimum Gasteiger partial charge on any atom is -0.497 e. The second-order valence-electron chi connectivity index (χ2n) is 5.29. The van der Waals surface area contributed by atoms with Crippen molar-refractivity contribution in [1.29, 1.82) is 0 Å². The molecule has 0 atom stereocenters. The Labute approximate surface area is 132 Å². The predicted octanol–water partition coefficient (Wildman–Crippen LogP) is 2.38. The Kier molecular flexibility index (Phi) is 3.65. The van der Waals surface area contributed by atoms with E-state index in [1.54, 1.807) is 25.3 Å². The molecule has 0 aliphatic heterocycles. The summed E-state index contributed by atoms with van der Waals surface area (Å²) in [5.74, 6) is -0.701. The minimum atomic E-state index is -0.990.